The van der Waals surface area contributed by atoms with Crippen LogP contribution in [0, 0.1) is 5.92 Å². The van der Waals surface area contributed by atoms with E-state index in [1.165, 1.54) is 32.8 Å². The molecule has 0 aliphatic carbocycles. The number of ether oxygens (including phenoxy) is 2. The van der Waals surface area contributed by atoms with Crippen molar-refractivity contribution >= 4 is 34.7 Å². The second-order valence-electron chi connectivity index (χ2n) is 7.34. The number of rotatable bonds is 7. The molecule has 2 aliphatic heterocycles. The van der Waals surface area contributed by atoms with Gasteiger partial charge in [-0.2, -0.15) is 0 Å². The number of carbonyl (C=O) groups excluding carboxylic acids is 2. The zero-order valence-corrected chi connectivity index (χ0v) is 18.2. The summed E-state index contributed by atoms with van der Waals surface area (Å²) in [5.41, 5.74) is 2.19. The molecule has 6 heteroatoms. The van der Waals surface area contributed by atoms with E-state index in [2.05, 4.69) is 35.6 Å². The Bertz CT molecular complexity index is 680. The summed E-state index contributed by atoms with van der Waals surface area (Å²) in [6.45, 7) is 2.21. The van der Waals surface area contributed by atoms with E-state index in [9.17, 15) is 9.59 Å². The number of fused-ring (bicyclic) bond motifs is 4. The average Bonchev–Trinajstić information content (AvgIpc) is 2.69. The standard InChI is InChI=1S/C21H28INO4/c1-3-4-5-6-7-8-13-16-18-15-12-10-9-11-14(15)17(22)19(27-20(16)24)23(18)21(25)26-2/h9-12,16-19H,3-8,13H2,1-2H3/t16-,17-,18-,19-/m0/s1. The fraction of sp³-hybridized carbons (Fsp3) is 0.619. The van der Waals surface area contributed by atoms with Crippen molar-refractivity contribution in [3.63, 3.8) is 0 Å². The molecule has 0 unspecified atom stereocenters. The van der Waals surface area contributed by atoms with Gasteiger partial charge in [0.15, 0.2) is 6.23 Å². The highest BCUT2D eigenvalue weighted by Gasteiger charge is 2.53. The van der Waals surface area contributed by atoms with Crippen LogP contribution >= 0.6 is 22.6 Å². The van der Waals surface area contributed by atoms with Crippen LogP contribution in [0.15, 0.2) is 24.3 Å². The average molecular weight is 485 g/mol. The molecule has 2 aliphatic rings. The Kier molecular flexibility index (Phi) is 7.00. The molecule has 3 rings (SSSR count). The summed E-state index contributed by atoms with van der Waals surface area (Å²) in [7, 11) is 1.38. The van der Waals surface area contributed by atoms with Crippen LogP contribution in [0.5, 0.6) is 0 Å². The third-order valence-electron chi connectivity index (χ3n) is 5.61. The predicted octanol–water partition coefficient (Wildman–Crippen LogP) is 5.54. The van der Waals surface area contributed by atoms with Crippen LogP contribution in [-0.2, 0) is 14.3 Å². The zero-order valence-electron chi connectivity index (χ0n) is 16.0. The van der Waals surface area contributed by atoms with Crippen molar-refractivity contribution in [3.8, 4) is 0 Å². The van der Waals surface area contributed by atoms with Gasteiger partial charge in [-0.15, -0.1) is 0 Å². The lowest BCUT2D eigenvalue weighted by Crippen LogP contribution is -2.57. The molecule has 2 heterocycles. The van der Waals surface area contributed by atoms with Gasteiger partial charge >= 0.3 is 12.1 Å². The lowest BCUT2D eigenvalue weighted by molar-refractivity contribution is -0.185. The number of esters is 1. The van der Waals surface area contributed by atoms with Gasteiger partial charge < -0.3 is 9.47 Å². The lowest BCUT2D eigenvalue weighted by Gasteiger charge is -2.50. The van der Waals surface area contributed by atoms with E-state index in [1.807, 2.05) is 18.2 Å². The van der Waals surface area contributed by atoms with Crippen molar-refractivity contribution in [3.05, 3.63) is 35.4 Å². The van der Waals surface area contributed by atoms with E-state index < -0.39 is 12.3 Å². The normalized spacial score (nSPS) is 26.3. The van der Waals surface area contributed by atoms with Crippen LogP contribution in [0.1, 0.15) is 73.0 Å². The molecule has 0 radical (unpaired) electrons. The fourth-order valence-electron chi connectivity index (χ4n) is 4.24. The molecule has 2 bridgehead atoms. The smallest absolute Gasteiger partial charge is 0.412 e. The van der Waals surface area contributed by atoms with Crippen molar-refractivity contribution < 1.29 is 19.1 Å². The monoisotopic (exact) mass is 485 g/mol. The summed E-state index contributed by atoms with van der Waals surface area (Å²) in [5.74, 6) is -0.522. The summed E-state index contributed by atoms with van der Waals surface area (Å²) in [6, 6.07) is 7.77. The molecule has 0 N–H and O–H groups in total. The first kappa shape index (κ1) is 20.4. The Morgan fingerprint density at radius 3 is 2.52 bits per heavy atom. The van der Waals surface area contributed by atoms with Gasteiger partial charge in [-0.25, -0.2) is 4.79 Å². The van der Waals surface area contributed by atoms with E-state index in [-0.39, 0.29) is 21.9 Å². The fourth-order valence-corrected chi connectivity index (χ4v) is 5.30. The van der Waals surface area contributed by atoms with Gasteiger partial charge in [0.2, 0.25) is 0 Å². The van der Waals surface area contributed by atoms with Crippen LogP contribution in [0.3, 0.4) is 0 Å². The van der Waals surface area contributed by atoms with Crippen molar-refractivity contribution in [2.75, 3.05) is 7.11 Å². The van der Waals surface area contributed by atoms with Crippen LogP contribution in [0.2, 0.25) is 0 Å². The van der Waals surface area contributed by atoms with Gasteiger partial charge in [0.1, 0.15) is 0 Å². The molecule has 1 aromatic carbocycles. The van der Waals surface area contributed by atoms with Crippen molar-refractivity contribution in [2.45, 2.75) is 68.1 Å². The Balaban J connectivity index is 1.83. The SMILES string of the molecule is CCCCCCCC[C@@H]1C(=O)O[C@H]2[C@@H](I)c3ccccc3[C@@H]1N2C(=O)OC. The molecule has 0 aromatic heterocycles. The first-order valence-electron chi connectivity index (χ1n) is 9.89. The van der Waals surface area contributed by atoms with Gasteiger partial charge in [0.05, 0.1) is 23.0 Å². The predicted molar refractivity (Wildman–Crippen MR) is 112 cm³/mol. The van der Waals surface area contributed by atoms with E-state index in [0.717, 1.165) is 30.4 Å². The quantitative estimate of drug-likeness (QED) is 0.221. The molecular formula is C21H28INO4. The molecule has 4 atom stereocenters. The number of hydrogen-bond acceptors (Lipinski definition) is 4. The summed E-state index contributed by atoms with van der Waals surface area (Å²) in [4.78, 5) is 27.0. The van der Waals surface area contributed by atoms with E-state index >= 15 is 0 Å². The maximum Gasteiger partial charge on any atom is 0.412 e. The van der Waals surface area contributed by atoms with Crippen LogP contribution in [-0.4, -0.2) is 30.3 Å². The zero-order chi connectivity index (χ0) is 19.4. The number of nitrogens with zero attached hydrogens (tertiary/aromatic N) is 1. The minimum Gasteiger partial charge on any atom is -0.453 e. The van der Waals surface area contributed by atoms with Gasteiger partial charge in [-0.05, 0) is 17.5 Å². The van der Waals surface area contributed by atoms with Crippen molar-refractivity contribution in [1.29, 1.82) is 0 Å². The topological polar surface area (TPSA) is 55.8 Å². The molecule has 1 amide bonds. The van der Waals surface area contributed by atoms with Crippen LogP contribution in [0.25, 0.3) is 0 Å². The molecule has 1 aromatic rings. The Hall–Kier alpha value is -1.31. The van der Waals surface area contributed by atoms with Gasteiger partial charge in [-0.1, -0.05) is 92.3 Å². The maximum atomic E-state index is 12.8. The van der Waals surface area contributed by atoms with E-state index in [1.54, 1.807) is 4.90 Å². The summed E-state index contributed by atoms with van der Waals surface area (Å²) < 4.78 is 10.7. The highest BCUT2D eigenvalue weighted by Crippen LogP contribution is 2.51. The molecule has 27 heavy (non-hydrogen) atoms. The van der Waals surface area contributed by atoms with Crippen molar-refractivity contribution in [2.24, 2.45) is 5.92 Å². The first-order valence-corrected chi connectivity index (χ1v) is 11.1. The minimum atomic E-state index is -0.605. The largest absolute Gasteiger partial charge is 0.453 e. The number of carbonyl (C=O) groups is 2. The van der Waals surface area contributed by atoms with Gasteiger partial charge in [0, 0.05) is 0 Å². The molecule has 1 saturated heterocycles. The highest BCUT2D eigenvalue weighted by atomic mass is 127. The number of unbranched alkanes of at least 4 members (excludes halogenated alkanes) is 5. The summed E-state index contributed by atoms with van der Waals surface area (Å²) in [6.07, 6.45) is 6.69. The second-order valence-corrected chi connectivity index (χ2v) is 8.69. The minimum absolute atomic E-state index is 0.104. The second kappa shape index (κ2) is 9.26. The number of hydrogen-bond donors (Lipinski definition) is 0. The third-order valence-corrected chi connectivity index (χ3v) is 6.90. The van der Waals surface area contributed by atoms with Gasteiger partial charge in [-0.3, -0.25) is 9.69 Å². The van der Waals surface area contributed by atoms with Gasteiger partial charge in [0.25, 0.3) is 0 Å². The molecule has 5 nitrogen and oxygen atoms in total. The number of methoxy groups -OCH3 is 1. The van der Waals surface area contributed by atoms with Crippen LogP contribution < -0.4 is 0 Å². The number of halogens is 1. The van der Waals surface area contributed by atoms with Crippen LogP contribution in [0.4, 0.5) is 4.79 Å². The summed E-state index contributed by atoms with van der Waals surface area (Å²) >= 11 is 2.26. The van der Waals surface area contributed by atoms with Crippen molar-refractivity contribution in [1.82, 2.24) is 4.90 Å². The number of alkyl halides is 1. The molecule has 1 fully saturated rings. The number of amides is 1. The Morgan fingerprint density at radius 2 is 1.81 bits per heavy atom. The maximum absolute atomic E-state index is 12.8. The summed E-state index contributed by atoms with van der Waals surface area (Å²) in [5, 5.41) is 0. The highest BCUT2D eigenvalue weighted by molar-refractivity contribution is 14.1. The lowest BCUT2D eigenvalue weighted by atomic mass is 9.80. The number of benzene rings is 1. The first-order chi connectivity index (χ1) is 13.1. The third kappa shape index (κ3) is 4.10. The Labute approximate surface area is 174 Å². The van der Waals surface area contributed by atoms with E-state index in [4.69, 9.17) is 9.47 Å². The molecular weight excluding hydrogens is 457 g/mol. The van der Waals surface area contributed by atoms with E-state index in [0.29, 0.717) is 0 Å². The Morgan fingerprint density at radius 1 is 1.15 bits per heavy atom. The molecule has 0 saturated carbocycles. The molecule has 0 spiro atoms. The molecule has 148 valence electrons.